The third-order valence-electron chi connectivity index (χ3n) is 7.62. The summed E-state index contributed by atoms with van der Waals surface area (Å²) in [5.74, 6) is 0.678. The van der Waals surface area contributed by atoms with Gasteiger partial charge in [-0.05, 0) is 52.9 Å². The number of alkyl halides is 3. The van der Waals surface area contributed by atoms with E-state index in [1.807, 2.05) is 22.9 Å². The average Bonchev–Trinajstić information content (AvgIpc) is 3.42. The normalized spacial score (nSPS) is 19.1. The van der Waals surface area contributed by atoms with Crippen molar-refractivity contribution in [3.05, 3.63) is 77.1 Å². The predicted octanol–water partition coefficient (Wildman–Crippen LogP) is 5.61. The Hall–Kier alpha value is -2.78. The summed E-state index contributed by atoms with van der Waals surface area (Å²) in [6.07, 6.45) is 2.87. The second-order valence-electron chi connectivity index (χ2n) is 9.88. The first-order valence-electron chi connectivity index (χ1n) is 13.9. The molecule has 2 aliphatic rings. The van der Waals surface area contributed by atoms with Gasteiger partial charge in [0.25, 0.3) is 0 Å². The smallest absolute Gasteiger partial charge is 0.298 e. The van der Waals surface area contributed by atoms with E-state index < -0.39 is 11.7 Å². The molecule has 1 atom stereocenters. The van der Waals surface area contributed by atoms with Gasteiger partial charge in [-0.25, -0.2) is 4.68 Å². The van der Waals surface area contributed by atoms with E-state index in [1.54, 1.807) is 12.1 Å². The van der Waals surface area contributed by atoms with E-state index >= 15 is 0 Å². The minimum atomic E-state index is -4.36. The molecule has 37 heavy (non-hydrogen) atoms. The number of nitrogens with zero attached hydrogens (tertiary/aromatic N) is 6. The Kier molecular flexibility index (Phi) is 8.51. The van der Waals surface area contributed by atoms with Crippen LogP contribution < -0.4 is 0 Å². The van der Waals surface area contributed by atoms with Crippen LogP contribution in [-0.2, 0) is 19.1 Å². The molecule has 1 aliphatic carbocycles. The third kappa shape index (κ3) is 6.57. The van der Waals surface area contributed by atoms with Gasteiger partial charge in [-0.1, -0.05) is 69.1 Å². The zero-order valence-corrected chi connectivity index (χ0v) is 21.4. The van der Waals surface area contributed by atoms with Crippen LogP contribution in [0.3, 0.4) is 0 Å². The molecule has 1 saturated carbocycles. The van der Waals surface area contributed by atoms with E-state index in [0.29, 0.717) is 18.4 Å². The number of piperazine rings is 1. The van der Waals surface area contributed by atoms with Crippen LogP contribution in [0.1, 0.15) is 69.4 Å². The first-order valence-corrected chi connectivity index (χ1v) is 12.9. The van der Waals surface area contributed by atoms with Crippen molar-refractivity contribution in [3.63, 3.8) is 0 Å². The SMILES string of the molecule is FC(F)(F)c1ccc(C(c2nnnn2CCc2ccccc2)N2CCN(C3CCCCC3)CC2)cc1.[2H]C. The van der Waals surface area contributed by atoms with Gasteiger partial charge in [0.05, 0.1) is 11.6 Å². The van der Waals surface area contributed by atoms with Crippen molar-refractivity contribution >= 4 is 0 Å². The molecular weight excluding hydrogens is 477 g/mol. The van der Waals surface area contributed by atoms with Gasteiger partial charge in [-0.3, -0.25) is 9.80 Å². The van der Waals surface area contributed by atoms with Crippen LogP contribution in [0.2, 0.25) is 0 Å². The quantitative estimate of drug-likeness (QED) is 0.409. The van der Waals surface area contributed by atoms with Crippen molar-refractivity contribution < 1.29 is 14.5 Å². The van der Waals surface area contributed by atoms with Crippen molar-refractivity contribution in [2.24, 2.45) is 0 Å². The molecule has 2 aromatic carbocycles. The van der Waals surface area contributed by atoms with Gasteiger partial charge in [-0.15, -0.1) is 5.10 Å². The zero-order chi connectivity index (χ0) is 27.0. The number of aryl methyl sites for hydroxylation is 2. The molecule has 2 heterocycles. The molecule has 2 fully saturated rings. The molecule has 5 rings (SSSR count). The van der Waals surface area contributed by atoms with Gasteiger partial charge in [0, 0.05) is 40.1 Å². The Bertz CT molecular complexity index is 1090. The van der Waals surface area contributed by atoms with Crippen LogP contribution in [0.25, 0.3) is 0 Å². The molecule has 1 saturated heterocycles. The molecule has 1 aliphatic heterocycles. The van der Waals surface area contributed by atoms with Crippen LogP contribution in [-0.4, -0.2) is 62.2 Å². The number of tetrazole rings is 1. The highest BCUT2D eigenvalue weighted by molar-refractivity contribution is 5.30. The second-order valence-corrected chi connectivity index (χ2v) is 9.88. The second kappa shape index (κ2) is 12.2. The molecular formula is C28H37F3N6. The maximum absolute atomic E-state index is 13.2. The number of aromatic nitrogens is 4. The van der Waals surface area contributed by atoms with E-state index in [0.717, 1.165) is 38.2 Å². The molecule has 0 radical (unpaired) electrons. The molecule has 0 spiro atoms. The fourth-order valence-electron chi connectivity index (χ4n) is 5.63. The molecule has 6 nitrogen and oxygen atoms in total. The van der Waals surface area contributed by atoms with Gasteiger partial charge < -0.3 is 0 Å². The monoisotopic (exact) mass is 515 g/mol. The summed E-state index contributed by atoms with van der Waals surface area (Å²) in [5.41, 5.74) is 1.33. The number of benzene rings is 2. The van der Waals surface area contributed by atoms with E-state index in [-0.39, 0.29) is 6.04 Å². The van der Waals surface area contributed by atoms with Crippen molar-refractivity contribution in [2.75, 3.05) is 26.2 Å². The van der Waals surface area contributed by atoms with Gasteiger partial charge in [0.2, 0.25) is 0 Å². The van der Waals surface area contributed by atoms with Crippen LogP contribution in [0, 0.1) is 0 Å². The Labute approximate surface area is 218 Å². The van der Waals surface area contributed by atoms with E-state index in [4.69, 9.17) is 1.37 Å². The molecule has 0 bridgehead atoms. The lowest BCUT2D eigenvalue weighted by molar-refractivity contribution is -0.137. The first kappa shape index (κ1) is 25.9. The highest BCUT2D eigenvalue weighted by Crippen LogP contribution is 2.34. The summed E-state index contributed by atoms with van der Waals surface area (Å²) >= 11 is 0. The average molecular weight is 516 g/mol. The lowest BCUT2D eigenvalue weighted by Gasteiger charge is -2.43. The van der Waals surface area contributed by atoms with Crippen LogP contribution >= 0.6 is 0 Å². The summed E-state index contributed by atoms with van der Waals surface area (Å²) in [6, 6.07) is 16.0. The van der Waals surface area contributed by atoms with Gasteiger partial charge in [-0.2, -0.15) is 13.2 Å². The number of hydrogen-bond acceptors (Lipinski definition) is 5. The number of rotatable bonds is 7. The summed E-state index contributed by atoms with van der Waals surface area (Å²) in [7, 11) is 1.25. The summed E-state index contributed by atoms with van der Waals surface area (Å²) in [6.45, 7) is 4.16. The molecule has 1 aromatic heterocycles. The first-order chi connectivity index (χ1) is 18.5. The third-order valence-corrected chi connectivity index (χ3v) is 7.62. The van der Waals surface area contributed by atoms with Crippen LogP contribution in [0.5, 0.6) is 0 Å². The minimum Gasteiger partial charge on any atom is -0.298 e. The Morgan fingerprint density at radius 3 is 2.24 bits per heavy atom. The van der Waals surface area contributed by atoms with E-state index in [2.05, 4.69) is 37.5 Å². The maximum Gasteiger partial charge on any atom is 0.416 e. The Morgan fingerprint density at radius 2 is 1.59 bits per heavy atom. The summed E-state index contributed by atoms with van der Waals surface area (Å²) in [5, 5.41) is 12.6. The minimum absolute atomic E-state index is 0.299. The Morgan fingerprint density at radius 1 is 0.919 bits per heavy atom. The molecule has 200 valence electrons. The largest absolute Gasteiger partial charge is 0.416 e. The van der Waals surface area contributed by atoms with E-state index in [9.17, 15) is 13.2 Å². The Balaban J connectivity index is 0.00000164. The molecule has 9 heteroatoms. The van der Waals surface area contributed by atoms with Crippen molar-refractivity contribution in [1.29, 1.82) is 0 Å². The predicted molar refractivity (Wildman–Crippen MR) is 138 cm³/mol. The molecule has 1 unspecified atom stereocenters. The van der Waals surface area contributed by atoms with Crippen molar-refractivity contribution in [3.8, 4) is 0 Å². The lowest BCUT2D eigenvalue weighted by Crippen LogP contribution is -2.52. The van der Waals surface area contributed by atoms with Crippen molar-refractivity contribution in [2.45, 2.75) is 70.7 Å². The lowest BCUT2D eigenvalue weighted by atomic mass is 9.93. The highest BCUT2D eigenvalue weighted by atomic mass is 19.4. The fraction of sp³-hybridized carbons (Fsp3) is 0.536. The number of hydrogen-bond donors (Lipinski definition) is 0. The topological polar surface area (TPSA) is 50.1 Å². The van der Waals surface area contributed by atoms with Gasteiger partial charge >= 0.3 is 6.18 Å². The zero-order valence-electron chi connectivity index (χ0n) is 22.4. The van der Waals surface area contributed by atoms with E-state index in [1.165, 1.54) is 57.2 Å². The highest BCUT2D eigenvalue weighted by Gasteiger charge is 2.34. The fourth-order valence-corrected chi connectivity index (χ4v) is 5.63. The van der Waals surface area contributed by atoms with Crippen LogP contribution in [0.15, 0.2) is 54.6 Å². The van der Waals surface area contributed by atoms with Crippen LogP contribution in [0.4, 0.5) is 13.2 Å². The molecule has 0 amide bonds. The maximum atomic E-state index is 13.2. The van der Waals surface area contributed by atoms with Crippen molar-refractivity contribution in [1.82, 2.24) is 30.0 Å². The number of halogens is 3. The summed E-state index contributed by atoms with van der Waals surface area (Å²) < 4.78 is 47.3. The molecule has 0 N–H and O–H groups in total. The van der Waals surface area contributed by atoms with Gasteiger partial charge in [0.15, 0.2) is 5.82 Å². The molecule has 3 aromatic rings. The summed E-state index contributed by atoms with van der Waals surface area (Å²) in [4.78, 5) is 4.92. The standard InChI is InChI=1S/C27H33F3N6.CH4/c28-27(29,30)23-13-11-22(12-14-23)25(35-19-17-34(18-20-35)24-9-5-2-6-10-24)26-31-32-33-36(26)16-15-21-7-3-1-4-8-21;/h1,3-4,7-8,11-14,24-25H,2,5-6,9-10,15-20H2;1H4/i;1D. The van der Waals surface area contributed by atoms with Gasteiger partial charge in [0.1, 0.15) is 0 Å².